The summed E-state index contributed by atoms with van der Waals surface area (Å²) in [6, 6.07) is 18.2. The lowest BCUT2D eigenvalue weighted by Crippen LogP contribution is -1.91. The van der Waals surface area contributed by atoms with Crippen molar-refractivity contribution in [2.75, 3.05) is 0 Å². The average Bonchev–Trinajstić information content (AvgIpc) is 2.52. The smallest absolute Gasteiger partial charge is 0.0778 e. The highest BCUT2D eigenvalue weighted by Gasteiger charge is 2.06. The van der Waals surface area contributed by atoms with Crippen LogP contribution in [0.5, 0.6) is 0 Å². The molecule has 0 heterocycles. The summed E-state index contributed by atoms with van der Waals surface area (Å²) in [5.74, 6) is 0. The summed E-state index contributed by atoms with van der Waals surface area (Å²) in [7, 11) is -1.09. The van der Waals surface area contributed by atoms with Crippen molar-refractivity contribution in [1.82, 2.24) is 0 Å². The van der Waals surface area contributed by atoms with E-state index in [2.05, 4.69) is 19.1 Å². The van der Waals surface area contributed by atoms with Crippen LogP contribution in [0.15, 0.2) is 64.9 Å². The molecule has 110 valence electrons. The van der Waals surface area contributed by atoms with Gasteiger partial charge >= 0.3 is 0 Å². The molecule has 0 aromatic heterocycles. The molecule has 0 bridgehead atoms. The van der Waals surface area contributed by atoms with Crippen molar-refractivity contribution in [3.63, 3.8) is 0 Å². The van der Waals surface area contributed by atoms with Gasteiger partial charge in [-0.05, 0) is 43.0 Å². The van der Waals surface area contributed by atoms with Gasteiger partial charge in [-0.25, -0.2) is 4.21 Å². The fraction of sp³-hybridized carbons (Fsp3) is 0.263. The molecule has 1 unspecified atom stereocenters. The van der Waals surface area contributed by atoms with Gasteiger partial charge in [-0.1, -0.05) is 61.4 Å². The third kappa shape index (κ3) is 4.68. The largest absolute Gasteiger partial charge is 0.250 e. The summed E-state index contributed by atoms with van der Waals surface area (Å²) in [5.41, 5.74) is 3.54. The minimum atomic E-state index is -1.09. The second kappa shape index (κ2) is 7.94. The first-order chi connectivity index (χ1) is 10.2. The van der Waals surface area contributed by atoms with Gasteiger partial charge in [0, 0.05) is 10.3 Å². The molecule has 0 amide bonds. The minimum Gasteiger partial charge on any atom is -0.250 e. The average molecular weight is 298 g/mol. The molecule has 2 aromatic carbocycles. The second-order valence-corrected chi connectivity index (χ2v) is 6.53. The van der Waals surface area contributed by atoms with Crippen molar-refractivity contribution in [2.24, 2.45) is 0 Å². The van der Waals surface area contributed by atoms with Crippen molar-refractivity contribution in [3.8, 4) is 0 Å². The Morgan fingerprint density at radius 1 is 1.05 bits per heavy atom. The van der Waals surface area contributed by atoms with Crippen molar-refractivity contribution in [2.45, 2.75) is 38.0 Å². The number of aryl methyl sites for hydroxylation is 1. The molecule has 0 fully saturated rings. The van der Waals surface area contributed by atoms with E-state index in [0.29, 0.717) is 0 Å². The SMILES string of the molecule is CCCC/C(=C\S(=O)c1ccc(C)cc1)c1ccccc1. The predicted octanol–water partition coefficient (Wildman–Crippen LogP) is 5.33. The summed E-state index contributed by atoms with van der Waals surface area (Å²) >= 11 is 0. The molecule has 0 saturated carbocycles. The van der Waals surface area contributed by atoms with E-state index in [4.69, 9.17) is 0 Å². The Morgan fingerprint density at radius 3 is 2.33 bits per heavy atom. The number of hydrogen-bond donors (Lipinski definition) is 0. The molecule has 0 N–H and O–H groups in total. The van der Waals surface area contributed by atoms with Crippen LogP contribution in [0.25, 0.3) is 5.57 Å². The molecule has 21 heavy (non-hydrogen) atoms. The number of benzene rings is 2. The maximum absolute atomic E-state index is 12.5. The van der Waals surface area contributed by atoms with Gasteiger partial charge in [0.25, 0.3) is 0 Å². The van der Waals surface area contributed by atoms with Crippen LogP contribution in [-0.4, -0.2) is 4.21 Å². The molecule has 0 aliphatic rings. The third-order valence-corrected chi connectivity index (χ3v) is 4.68. The van der Waals surface area contributed by atoms with Crippen LogP contribution in [0.4, 0.5) is 0 Å². The van der Waals surface area contributed by atoms with Crippen LogP contribution in [-0.2, 0) is 10.8 Å². The molecule has 1 nitrogen and oxygen atoms in total. The van der Waals surface area contributed by atoms with Crippen molar-refractivity contribution >= 4 is 16.4 Å². The first-order valence-corrected chi connectivity index (χ1v) is 8.65. The first kappa shape index (κ1) is 15.7. The Hall–Kier alpha value is -1.67. The fourth-order valence-corrected chi connectivity index (χ4v) is 3.21. The maximum Gasteiger partial charge on any atom is 0.0778 e. The quantitative estimate of drug-likeness (QED) is 0.704. The molecule has 1 atom stereocenters. The van der Waals surface area contributed by atoms with E-state index in [1.807, 2.05) is 54.8 Å². The zero-order chi connectivity index (χ0) is 15.1. The van der Waals surface area contributed by atoms with Crippen molar-refractivity contribution in [3.05, 3.63) is 71.1 Å². The lowest BCUT2D eigenvalue weighted by molar-refractivity contribution is 0.688. The molecule has 2 aromatic rings. The number of allylic oxidation sites excluding steroid dienone is 1. The predicted molar refractivity (Wildman–Crippen MR) is 91.5 cm³/mol. The molecule has 0 aliphatic heterocycles. The summed E-state index contributed by atoms with van der Waals surface area (Å²) < 4.78 is 12.5. The van der Waals surface area contributed by atoms with Gasteiger partial charge in [-0.2, -0.15) is 0 Å². The van der Waals surface area contributed by atoms with Gasteiger partial charge in [0.1, 0.15) is 0 Å². The van der Waals surface area contributed by atoms with E-state index in [0.717, 1.165) is 24.2 Å². The van der Waals surface area contributed by atoms with E-state index in [-0.39, 0.29) is 0 Å². The highest BCUT2D eigenvalue weighted by molar-refractivity contribution is 7.88. The maximum atomic E-state index is 12.5. The van der Waals surface area contributed by atoms with Gasteiger partial charge in [0.05, 0.1) is 10.8 Å². The Bertz CT molecular complexity index is 612. The van der Waals surface area contributed by atoms with Crippen LogP contribution >= 0.6 is 0 Å². The zero-order valence-corrected chi connectivity index (χ0v) is 13.5. The van der Waals surface area contributed by atoms with Gasteiger partial charge in [-0.3, -0.25) is 0 Å². The Labute approximate surface area is 130 Å². The van der Waals surface area contributed by atoms with Crippen LogP contribution in [0, 0.1) is 6.92 Å². The number of hydrogen-bond acceptors (Lipinski definition) is 1. The van der Waals surface area contributed by atoms with E-state index in [9.17, 15) is 4.21 Å². The molecule has 0 radical (unpaired) electrons. The Kier molecular flexibility index (Phi) is 5.94. The summed E-state index contributed by atoms with van der Waals surface area (Å²) in [6.07, 6.45) is 3.23. The third-order valence-electron chi connectivity index (χ3n) is 3.45. The normalized spacial score (nSPS) is 13.1. The molecule has 0 spiro atoms. The topological polar surface area (TPSA) is 17.1 Å². The highest BCUT2D eigenvalue weighted by atomic mass is 32.2. The van der Waals surface area contributed by atoms with E-state index < -0.39 is 10.8 Å². The van der Waals surface area contributed by atoms with Gasteiger partial charge in [0.2, 0.25) is 0 Å². The van der Waals surface area contributed by atoms with E-state index in [1.54, 1.807) is 0 Å². The molecule has 0 saturated heterocycles. The molecular formula is C19H22OS. The number of unbranched alkanes of at least 4 members (excludes halogenated alkanes) is 1. The van der Waals surface area contributed by atoms with Gasteiger partial charge in [0.15, 0.2) is 0 Å². The molecule has 0 aliphatic carbocycles. The van der Waals surface area contributed by atoms with Crippen LogP contribution < -0.4 is 0 Å². The summed E-state index contributed by atoms with van der Waals surface area (Å²) in [6.45, 7) is 4.22. The Balaban J connectivity index is 2.27. The first-order valence-electron chi connectivity index (χ1n) is 7.44. The zero-order valence-electron chi connectivity index (χ0n) is 12.7. The van der Waals surface area contributed by atoms with Gasteiger partial charge < -0.3 is 0 Å². The lowest BCUT2D eigenvalue weighted by atomic mass is 10.0. The van der Waals surface area contributed by atoms with Crippen LogP contribution in [0.2, 0.25) is 0 Å². The van der Waals surface area contributed by atoms with Crippen molar-refractivity contribution < 1.29 is 4.21 Å². The summed E-state index contributed by atoms with van der Waals surface area (Å²) in [5, 5.41) is 1.91. The second-order valence-electron chi connectivity index (χ2n) is 5.22. The Morgan fingerprint density at radius 2 is 1.71 bits per heavy atom. The standard InChI is InChI=1S/C19H22OS/c1-3-4-8-18(17-9-6-5-7-10-17)15-21(20)19-13-11-16(2)12-14-19/h5-7,9-15H,3-4,8H2,1-2H3/b18-15+. The van der Waals surface area contributed by atoms with E-state index in [1.165, 1.54) is 16.7 Å². The van der Waals surface area contributed by atoms with Crippen LogP contribution in [0.3, 0.4) is 0 Å². The van der Waals surface area contributed by atoms with Gasteiger partial charge in [-0.15, -0.1) is 0 Å². The monoisotopic (exact) mass is 298 g/mol. The van der Waals surface area contributed by atoms with Crippen molar-refractivity contribution in [1.29, 1.82) is 0 Å². The highest BCUT2D eigenvalue weighted by Crippen LogP contribution is 2.23. The lowest BCUT2D eigenvalue weighted by Gasteiger charge is -2.08. The molecule has 2 rings (SSSR count). The van der Waals surface area contributed by atoms with E-state index >= 15 is 0 Å². The minimum absolute atomic E-state index is 0.866. The molecular weight excluding hydrogens is 276 g/mol. The van der Waals surface area contributed by atoms with Crippen LogP contribution in [0.1, 0.15) is 37.3 Å². The fourth-order valence-electron chi connectivity index (χ4n) is 2.16. The number of rotatable bonds is 6. The molecule has 2 heteroatoms. The summed E-state index contributed by atoms with van der Waals surface area (Å²) in [4.78, 5) is 0.866.